The molecule has 264 valence electrons. The zero-order chi connectivity index (χ0) is 35.8. The molecule has 9 aromatic rings. The fraction of sp³-hybridized carbons (Fsp3) is 0.192. The Morgan fingerprint density at radius 3 is 1.55 bits per heavy atom. The quantitative estimate of drug-likeness (QED) is 0.182. The third-order valence-electron chi connectivity index (χ3n) is 14.3. The molecule has 4 fully saturated rings. The Bertz CT molecular complexity index is 2880. The van der Waals surface area contributed by atoms with Crippen molar-refractivity contribution in [2.45, 2.75) is 37.5 Å². The topological polar surface area (TPSA) is 29.5 Å². The average Bonchev–Trinajstić information content (AvgIpc) is 3.88. The molecule has 0 unspecified atom stereocenters. The molecule has 4 saturated carbocycles. The Kier molecular flexibility index (Phi) is 6.06. The third kappa shape index (κ3) is 4.16. The molecule has 14 rings (SSSR count). The summed E-state index contributed by atoms with van der Waals surface area (Å²) >= 11 is 0. The highest BCUT2D eigenvalue weighted by atomic mass is 16.3. The monoisotopic (exact) mass is 709 g/mol. The molecule has 0 radical (unpaired) electrons. The van der Waals surface area contributed by atoms with Gasteiger partial charge in [0.1, 0.15) is 22.3 Å². The molecule has 0 aliphatic heterocycles. The second-order valence-corrected chi connectivity index (χ2v) is 16.9. The second kappa shape index (κ2) is 11.0. The van der Waals surface area contributed by atoms with E-state index in [4.69, 9.17) is 8.83 Å². The average molecular weight is 710 g/mol. The van der Waals surface area contributed by atoms with Crippen molar-refractivity contribution in [1.29, 1.82) is 0 Å². The smallest absolute Gasteiger partial charge is 0.137 e. The van der Waals surface area contributed by atoms with Gasteiger partial charge in [0.2, 0.25) is 0 Å². The summed E-state index contributed by atoms with van der Waals surface area (Å²) in [5.41, 5.74) is 15.6. The minimum absolute atomic E-state index is 0.199. The highest BCUT2D eigenvalue weighted by Crippen LogP contribution is 2.69. The lowest BCUT2D eigenvalue weighted by Crippen LogP contribution is -2.55. The number of benzene rings is 7. The van der Waals surface area contributed by atoms with Crippen LogP contribution < -0.4 is 4.90 Å². The van der Waals surface area contributed by atoms with E-state index in [0.29, 0.717) is 0 Å². The zero-order valence-electron chi connectivity index (χ0n) is 30.5. The van der Waals surface area contributed by atoms with Crippen LogP contribution in [0.2, 0.25) is 0 Å². The van der Waals surface area contributed by atoms with Crippen LogP contribution in [0.5, 0.6) is 0 Å². The van der Waals surface area contributed by atoms with Crippen molar-refractivity contribution in [2.75, 3.05) is 4.90 Å². The molecule has 3 nitrogen and oxygen atoms in total. The van der Waals surface area contributed by atoms with Crippen molar-refractivity contribution in [3.63, 3.8) is 0 Å². The molecular formula is C52H39NO2. The first-order valence-electron chi connectivity index (χ1n) is 20.2. The highest BCUT2D eigenvalue weighted by molar-refractivity contribution is 6.07. The molecule has 1 spiro atoms. The maximum Gasteiger partial charge on any atom is 0.137 e. The molecule has 0 atom stereocenters. The van der Waals surface area contributed by atoms with E-state index in [-0.39, 0.29) is 5.41 Å². The normalized spacial score (nSPS) is 23.3. The lowest BCUT2D eigenvalue weighted by Gasteiger charge is -2.61. The number of nitrogens with zero attached hydrogens (tertiary/aromatic N) is 1. The summed E-state index contributed by atoms with van der Waals surface area (Å²) in [5, 5.41) is 4.51. The van der Waals surface area contributed by atoms with Crippen molar-refractivity contribution in [3.05, 3.63) is 163 Å². The van der Waals surface area contributed by atoms with E-state index in [1.807, 2.05) is 24.3 Å². The van der Waals surface area contributed by atoms with Gasteiger partial charge in [0, 0.05) is 56.2 Å². The van der Waals surface area contributed by atoms with Crippen LogP contribution in [-0.4, -0.2) is 0 Å². The number of para-hydroxylation sites is 2. The molecule has 7 aromatic carbocycles. The van der Waals surface area contributed by atoms with E-state index >= 15 is 0 Å². The van der Waals surface area contributed by atoms with Gasteiger partial charge >= 0.3 is 0 Å². The summed E-state index contributed by atoms with van der Waals surface area (Å²) in [4.78, 5) is 2.32. The van der Waals surface area contributed by atoms with Crippen molar-refractivity contribution < 1.29 is 8.83 Å². The van der Waals surface area contributed by atoms with Gasteiger partial charge in [-0.15, -0.1) is 0 Å². The summed E-state index contributed by atoms with van der Waals surface area (Å²) in [6.45, 7) is 0. The molecule has 3 heteroatoms. The van der Waals surface area contributed by atoms with Crippen LogP contribution in [0.3, 0.4) is 0 Å². The highest BCUT2D eigenvalue weighted by Gasteiger charge is 2.61. The van der Waals surface area contributed by atoms with Gasteiger partial charge in [0.25, 0.3) is 0 Å². The minimum Gasteiger partial charge on any atom is -0.456 e. The van der Waals surface area contributed by atoms with Crippen LogP contribution in [0.1, 0.15) is 43.2 Å². The van der Waals surface area contributed by atoms with Gasteiger partial charge in [0.05, 0.1) is 0 Å². The molecule has 5 aliphatic carbocycles. The van der Waals surface area contributed by atoms with Crippen molar-refractivity contribution >= 4 is 60.9 Å². The molecule has 55 heavy (non-hydrogen) atoms. The maximum absolute atomic E-state index is 6.39. The van der Waals surface area contributed by atoms with Gasteiger partial charge in [-0.3, -0.25) is 0 Å². The molecule has 0 N–H and O–H groups in total. The fourth-order valence-corrected chi connectivity index (χ4v) is 12.3. The third-order valence-corrected chi connectivity index (χ3v) is 14.3. The Hall–Kier alpha value is -6.06. The van der Waals surface area contributed by atoms with Crippen molar-refractivity contribution in [2.24, 2.45) is 23.7 Å². The van der Waals surface area contributed by atoms with Gasteiger partial charge in [-0.2, -0.15) is 0 Å². The van der Waals surface area contributed by atoms with Crippen LogP contribution in [-0.2, 0) is 5.41 Å². The Morgan fingerprint density at radius 2 is 0.909 bits per heavy atom. The summed E-state index contributed by atoms with van der Waals surface area (Å²) in [7, 11) is 0. The Morgan fingerprint density at radius 1 is 0.400 bits per heavy atom. The minimum atomic E-state index is 0.199. The maximum atomic E-state index is 6.39. The number of rotatable bonds is 4. The summed E-state index contributed by atoms with van der Waals surface area (Å²) < 4.78 is 12.8. The summed E-state index contributed by atoms with van der Waals surface area (Å²) in [6, 6.07) is 55.7. The standard InChI is InChI=1S/C52H39NO2/c1-4-10-46-40(7-1)45-28-34(15-22-47(45)52(46)35-24-31-23-32(26-35)27-36(52)25-31)33-13-16-37(17-14-33)53(38-18-20-43-41-8-2-5-11-48(41)54-50(43)29-38)39-19-21-44-42-9-3-6-12-49(42)55-51(44)30-39/h1-22,28-32,35-36H,23-27H2. The van der Waals surface area contributed by atoms with Gasteiger partial charge in [-0.05, 0) is 144 Å². The molecule has 5 aliphatic rings. The van der Waals surface area contributed by atoms with Crippen molar-refractivity contribution in [3.8, 4) is 22.3 Å². The van der Waals surface area contributed by atoms with Gasteiger partial charge in [-0.1, -0.05) is 84.9 Å². The van der Waals surface area contributed by atoms with Crippen LogP contribution >= 0.6 is 0 Å². The van der Waals surface area contributed by atoms with Crippen LogP contribution in [0.25, 0.3) is 66.1 Å². The lowest BCUT2D eigenvalue weighted by molar-refractivity contribution is -0.0399. The molecule has 0 amide bonds. The SMILES string of the molecule is c1ccc2c(c1)-c1cc(-c3ccc(N(c4ccc5c(c4)oc4ccccc45)c4ccc5c(c4)oc4ccccc45)cc3)ccc1C21C2CC3CC(C2)CC1C3. The lowest BCUT2D eigenvalue weighted by atomic mass is 9.43. The number of hydrogen-bond acceptors (Lipinski definition) is 3. The van der Waals surface area contributed by atoms with Gasteiger partial charge in [-0.25, -0.2) is 0 Å². The fourth-order valence-electron chi connectivity index (χ4n) is 12.3. The first-order valence-corrected chi connectivity index (χ1v) is 20.2. The summed E-state index contributed by atoms with van der Waals surface area (Å²) in [6.07, 6.45) is 7.12. The van der Waals surface area contributed by atoms with Crippen LogP contribution in [0.4, 0.5) is 17.1 Å². The first kappa shape index (κ1) is 30.3. The van der Waals surface area contributed by atoms with Crippen LogP contribution in [0.15, 0.2) is 160 Å². The van der Waals surface area contributed by atoms with E-state index in [0.717, 1.165) is 84.6 Å². The molecule has 0 saturated heterocycles. The molecular weight excluding hydrogens is 671 g/mol. The first-order chi connectivity index (χ1) is 27.2. The summed E-state index contributed by atoms with van der Waals surface area (Å²) in [5.74, 6) is 3.45. The predicted octanol–water partition coefficient (Wildman–Crippen LogP) is 14.3. The van der Waals surface area contributed by atoms with E-state index < -0.39 is 0 Å². The predicted molar refractivity (Wildman–Crippen MR) is 224 cm³/mol. The van der Waals surface area contributed by atoms with E-state index in [9.17, 15) is 0 Å². The van der Waals surface area contributed by atoms with E-state index in [1.54, 1.807) is 11.1 Å². The van der Waals surface area contributed by atoms with E-state index in [1.165, 1.54) is 54.4 Å². The largest absolute Gasteiger partial charge is 0.456 e. The number of anilines is 3. The second-order valence-electron chi connectivity index (χ2n) is 16.9. The van der Waals surface area contributed by atoms with E-state index in [2.05, 4.69) is 132 Å². The van der Waals surface area contributed by atoms with Crippen molar-refractivity contribution in [1.82, 2.24) is 0 Å². The number of fused-ring (bicyclic) bond motifs is 9. The Balaban J connectivity index is 0.925. The molecule has 2 heterocycles. The molecule has 4 bridgehead atoms. The Labute approximate surface area is 319 Å². The zero-order valence-corrected chi connectivity index (χ0v) is 30.5. The van der Waals surface area contributed by atoms with Crippen LogP contribution in [0, 0.1) is 23.7 Å². The molecule has 2 aromatic heterocycles. The van der Waals surface area contributed by atoms with Gasteiger partial charge < -0.3 is 13.7 Å². The van der Waals surface area contributed by atoms with Gasteiger partial charge in [0.15, 0.2) is 0 Å². The number of furan rings is 2. The number of hydrogen-bond donors (Lipinski definition) is 0.